The number of ether oxygens (including phenoxy) is 1. The molecule has 0 aliphatic heterocycles. The number of rotatable bonds is 11. The zero-order valence-electron chi connectivity index (χ0n) is 15.9. The minimum Gasteiger partial charge on any atom is -0.467 e. The third-order valence-electron chi connectivity index (χ3n) is 4.13. The summed E-state index contributed by atoms with van der Waals surface area (Å²) in [4.78, 5) is 36.1. The Kier molecular flexibility index (Phi) is 10.1. The summed E-state index contributed by atoms with van der Waals surface area (Å²) >= 11 is 0. The molecule has 0 aliphatic rings. The van der Waals surface area contributed by atoms with E-state index < -0.39 is 18.1 Å². The molecule has 2 atom stereocenters. The SMILES string of the molecule is CCCCCC[C@H](NC(=O)[C@@H](Cc1ccccc1)NC(C)=O)C(=O)OC. The maximum atomic E-state index is 12.7. The van der Waals surface area contributed by atoms with Crippen molar-refractivity contribution in [3.8, 4) is 0 Å². The van der Waals surface area contributed by atoms with Crippen molar-refractivity contribution in [2.75, 3.05) is 7.11 Å². The molecule has 0 bridgehead atoms. The molecule has 2 N–H and O–H groups in total. The van der Waals surface area contributed by atoms with Crippen LogP contribution in [0, 0.1) is 0 Å². The first kappa shape index (κ1) is 21.7. The molecule has 0 radical (unpaired) electrons. The molecule has 0 aliphatic carbocycles. The number of hydrogen-bond donors (Lipinski definition) is 2. The Bertz CT molecular complexity index is 574. The van der Waals surface area contributed by atoms with Crippen molar-refractivity contribution in [1.29, 1.82) is 0 Å². The first-order valence-corrected chi connectivity index (χ1v) is 9.17. The second-order valence-electron chi connectivity index (χ2n) is 6.38. The van der Waals surface area contributed by atoms with E-state index in [1.165, 1.54) is 14.0 Å². The van der Waals surface area contributed by atoms with Crippen LogP contribution in [0.3, 0.4) is 0 Å². The molecule has 144 valence electrons. The highest BCUT2D eigenvalue weighted by molar-refractivity contribution is 5.90. The van der Waals surface area contributed by atoms with E-state index in [0.717, 1.165) is 31.2 Å². The molecule has 26 heavy (non-hydrogen) atoms. The highest BCUT2D eigenvalue weighted by Crippen LogP contribution is 2.09. The van der Waals surface area contributed by atoms with Crippen molar-refractivity contribution in [2.24, 2.45) is 0 Å². The number of nitrogens with one attached hydrogen (secondary N) is 2. The predicted molar refractivity (Wildman–Crippen MR) is 100 cm³/mol. The lowest BCUT2D eigenvalue weighted by Crippen LogP contribution is -2.52. The summed E-state index contributed by atoms with van der Waals surface area (Å²) < 4.78 is 4.81. The van der Waals surface area contributed by atoms with Gasteiger partial charge in [0.25, 0.3) is 0 Å². The van der Waals surface area contributed by atoms with Crippen LogP contribution in [0.15, 0.2) is 30.3 Å². The summed E-state index contributed by atoms with van der Waals surface area (Å²) in [5, 5.41) is 5.41. The summed E-state index contributed by atoms with van der Waals surface area (Å²) in [6.45, 7) is 3.48. The predicted octanol–water partition coefficient (Wildman–Crippen LogP) is 2.36. The molecule has 2 amide bonds. The van der Waals surface area contributed by atoms with Gasteiger partial charge in [0.05, 0.1) is 7.11 Å². The fourth-order valence-corrected chi connectivity index (χ4v) is 2.74. The van der Waals surface area contributed by atoms with Crippen LogP contribution in [0.1, 0.15) is 51.5 Å². The molecule has 0 heterocycles. The molecule has 0 saturated heterocycles. The molecule has 0 saturated carbocycles. The number of methoxy groups -OCH3 is 1. The van der Waals surface area contributed by atoms with Crippen molar-refractivity contribution in [3.05, 3.63) is 35.9 Å². The van der Waals surface area contributed by atoms with Crippen molar-refractivity contribution in [1.82, 2.24) is 10.6 Å². The first-order valence-electron chi connectivity index (χ1n) is 9.17. The molecule has 1 aromatic carbocycles. The van der Waals surface area contributed by atoms with Crippen LogP contribution in [0.2, 0.25) is 0 Å². The quantitative estimate of drug-likeness (QED) is 0.467. The Morgan fingerprint density at radius 3 is 2.27 bits per heavy atom. The molecule has 1 rings (SSSR count). The minimum atomic E-state index is -0.738. The number of carbonyl (C=O) groups is 3. The Morgan fingerprint density at radius 1 is 1.00 bits per heavy atom. The van der Waals surface area contributed by atoms with Crippen molar-refractivity contribution >= 4 is 17.8 Å². The van der Waals surface area contributed by atoms with E-state index in [-0.39, 0.29) is 11.8 Å². The van der Waals surface area contributed by atoms with Gasteiger partial charge < -0.3 is 15.4 Å². The second-order valence-corrected chi connectivity index (χ2v) is 6.38. The second kappa shape index (κ2) is 12.1. The number of amides is 2. The van der Waals surface area contributed by atoms with Gasteiger partial charge in [0.15, 0.2) is 0 Å². The summed E-state index contributed by atoms with van der Waals surface area (Å²) in [5.41, 5.74) is 0.930. The van der Waals surface area contributed by atoms with E-state index in [4.69, 9.17) is 4.74 Å². The molecular weight excluding hydrogens is 332 g/mol. The summed E-state index contributed by atoms with van der Waals surface area (Å²) in [6, 6.07) is 8.00. The van der Waals surface area contributed by atoms with Gasteiger partial charge in [0, 0.05) is 13.3 Å². The zero-order chi connectivity index (χ0) is 19.4. The fourth-order valence-electron chi connectivity index (χ4n) is 2.74. The Balaban J connectivity index is 2.75. The lowest BCUT2D eigenvalue weighted by molar-refractivity contribution is -0.145. The van der Waals surface area contributed by atoms with Gasteiger partial charge >= 0.3 is 5.97 Å². The lowest BCUT2D eigenvalue weighted by atomic mass is 10.0. The molecule has 0 fully saturated rings. The van der Waals surface area contributed by atoms with Crippen LogP contribution in [-0.2, 0) is 25.5 Å². The van der Waals surface area contributed by atoms with Gasteiger partial charge in [-0.1, -0.05) is 62.9 Å². The fraction of sp³-hybridized carbons (Fsp3) is 0.550. The van der Waals surface area contributed by atoms with Crippen LogP contribution in [-0.4, -0.2) is 37.0 Å². The third kappa shape index (κ3) is 8.14. The maximum Gasteiger partial charge on any atom is 0.328 e. The zero-order valence-corrected chi connectivity index (χ0v) is 15.9. The maximum absolute atomic E-state index is 12.7. The van der Waals surface area contributed by atoms with E-state index >= 15 is 0 Å². The minimum absolute atomic E-state index is 0.293. The van der Waals surface area contributed by atoms with Gasteiger partial charge in [-0.05, 0) is 12.0 Å². The number of unbranched alkanes of at least 4 members (excludes halogenated alkanes) is 3. The van der Waals surface area contributed by atoms with E-state index in [0.29, 0.717) is 12.8 Å². The average molecular weight is 362 g/mol. The summed E-state index contributed by atoms with van der Waals surface area (Å²) in [7, 11) is 1.31. The van der Waals surface area contributed by atoms with Crippen molar-refractivity contribution < 1.29 is 19.1 Å². The average Bonchev–Trinajstić information content (AvgIpc) is 2.63. The van der Waals surface area contributed by atoms with E-state index in [9.17, 15) is 14.4 Å². The van der Waals surface area contributed by atoms with E-state index in [1.54, 1.807) is 0 Å². The Hall–Kier alpha value is -2.37. The summed E-state index contributed by atoms with van der Waals surface area (Å²) in [5.74, 6) is -1.13. The van der Waals surface area contributed by atoms with Gasteiger partial charge in [-0.2, -0.15) is 0 Å². The largest absolute Gasteiger partial charge is 0.467 e. The lowest BCUT2D eigenvalue weighted by Gasteiger charge is -2.22. The molecule has 6 nitrogen and oxygen atoms in total. The molecule has 6 heteroatoms. The molecule has 0 spiro atoms. The van der Waals surface area contributed by atoms with Crippen LogP contribution in [0.25, 0.3) is 0 Å². The molecule has 1 aromatic rings. The third-order valence-corrected chi connectivity index (χ3v) is 4.13. The van der Waals surface area contributed by atoms with E-state index in [2.05, 4.69) is 17.6 Å². The van der Waals surface area contributed by atoms with Gasteiger partial charge in [-0.25, -0.2) is 4.79 Å². The normalized spacial score (nSPS) is 12.7. The van der Waals surface area contributed by atoms with Gasteiger partial charge in [0.2, 0.25) is 11.8 Å². The highest BCUT2D eigenvalue weighted by Gasteiger charge is 2.26. The molecular formula is C20H30N2O4. The number of benzene rings is 1. The Labute approximate surface area is 155 Å². The van der Waals surface area contributed by atoms with Crippen LogP contribution >= 0.6 is 0 Å². The van der Waals surface area contributed by atoms with Crippen molar-refractivity contribution in [3.63, 3.8) is 0 Å². The highest BCUT2D eigenvalue weighted by atomic mass is 16.5. The number of carbonyl (C=O) groups excluding carboxylic acids is 3. The standard InChI is InChI=1S/C20H30N2O4/c1-4-5-6-10-13-17(20(25)26-3)22-19(24)18(21-15(2)23)14-16-11-8-7-9-12-16/h7-9,11-12,17-18H,4-6,10,13-14H2,1-3H3,(H,21,23)(H,22,24)/t17-,18+/m0/s1. The van der Waals surface area contributed by atoms with Crippen LogP contribution in [0.4, 0.5) is 0 Å². The van der Waals surface area contributed by atoms with Gasteiger partial charge in [-0.15, -0.1) is 0 Å². The topological polar surface area (TPSA) is 84.5 Å². The van der Waals surface area contributed by atoms with Crippen LogP contribution in [0.5, 0.6) is 0 Å². The number of esters is 1. The Morgan fingerprint density at radius 2 is 1.69 bits per heavy atom. The number of hydrogen-bond acceptors (Lipinski definition) is 4. The van der Waals surface area contributed by atoms with Gasteiger partial charge in [-0.3, -0.25) is 9.59 Å². The molecule has 0 unspecified atom stereocenters. The van der Waals surface area contributed by atoms with Crippen molar-refractivity contribution in [2.45, 2.75) is 64.5 Å². The monoisotopic (exact) mass is 362 g/mol. The van der Waals surface area contributed by atoms with Crippen LogP contribution < -0.4 is 10.6 Å². The van der Waals surface area contributed by atoms with Gasteiger partial charge in [0.1, 0.15) is 12.1 Å². The molecule has 0 aromatic heterocycles. The summed E-state index contributed by atoms with van der Waals surface area (Å²) in [6.07, 6.45) is 4.89. The first-order chi connectivity index (χ1) is 12.5. The smallest absolute Gasteiger partial charge is 0.328 e. The van der Waals surface area contributed by atoms with E-state index in [1.807, 2.05) is 30.3 Å².